The van der Waals surface area contributed by atoms with Crippen molar-refractivity contribution in [2.45, 2.75) is 26.2 Å². The van der Waals surface area contributed by atoms with Gasteiger partial charge in [-0.25, -0.2) is 0 Å². The average Bonchev–Trinajstić information content (AvgIpc) is 1.95. The van der Waals surface area contributed by atoms with Gasteiger partial charge in [-0.3, -0.25) is 0 Å². The summed E-state index contributed by atoms with van der Waals surface area (Å²) < 4.78 is 5.11. The molecule has 0 bridgehead atoms. The van der Waals surface area contributed by atoms with Crippen LogP contribution < -0.4 is 0 Å². The Bertz CT molecular complexity index is 182. The molecular formula is C8H13NO. The number of rotatable bonds is 1. The van der Waals surface area contributed by atoms with Gasteiger partial charge in [0.15, 0.2) is 0 Å². The van der Waals surface area contributed by atoms with Crippen molar-refractivity contribution in [2.75, 3.05) is 7.11 Å². The van der Waals surface area contributed by atoms with Crippen LogP contribution in [0.4, 0.5) is 0 Å². The molecule has 0 fully saturated rings. The van der Waals surface area contributed by atoms with Crippen LogP contribution in [-0.2, 0) is 4.74 Å². The molecule has 1 N–H and O–H groups in total. The summed E-state index contributed by atoms with van der Waals surface area (Å²) in [6.45, 7) is 1.96. The molecule has 0 spiro atoms. The van der Waals surface area contributed by atoms with Gasteiger partial charge in [-0.15, -0.1) is 0 Å². The summed E-state index contributed by atoms with van der Waals surface area (Å²) in [5.41, 5.74) is 1.77. The fourth-order valence-electron chi connectivity index (χ4n) is 1.22. The molecule has 0 saturated heterocycles. The molecule has 0 aromatic rings. The fraction of sp³-hybridized carbons (Fsp3) is 0.625. The van der Waals surface area contributed by atoms with Gasteiger partial charge in [-0.05, 0) is 19.8 Å². The summed E-state index contributed by atoms with van der Waals surface area (Å²) in [5, 5.41) is 7.49. The van der Waals surface area contributed by atoms with Crippen LogP contribution in [0.15, 0.2) is 11.3 Å². The summed E-state index contributed by atoms with van der Waals surface area (Å²) in [5.74, 6) is 0.997. The number of hydrogen-bond acceptors (Lipinski definition) is 2. The molecule has 0 heterocycles. The lowest BCUT2D eigenvalue weighted by molar-refractivity contribution is 0.270. The third-order valence-electron chi connectivity index (χ3n) is 1.95. The zero-order valence-electron chi connectivity index (χ0n) is 6.53. The van der Waals surface area contributed by atoms with Crippen LogP contribution >= 0.6 is 0 Å². The molecular weight excluding hydrogens is 126 g/mol. The van der Waals surface area contributed by atoms with Crippen LogP contribution in [0.1, 0.15) is 26.2 Å². The van der Waals surface area contributed by atoms with Crippen LogP contribution in [0.2, 0.25) is 0 Å². The third kappa shape index (κ3) is 1.20. The van der Waals surface area contributed by atoms with Gasteiger partial charge < -0.3 is 10.1 Å². The number of ether oxygens (including phenoxy) is 1. The molecule has 2 heteroatoms. The predicted molar refractivity (Wildman–Crippen MR) is 41.3 cm³/mol. The number of nitrogens with one attached hydrogen (secondary N) is 1. The van der Waals surface area contributed by atoms with E-state index in [-0.39, 0.29) is 0 Å². The van der Waals surface area contributed by atoms with Gasteiger partial charge in [-0.1, -0.05) is 0 Å². The molecule has 10 heavy (non-hydrogen) atoms. The lowest BCUT2D eigenvalue weighted by atomic mass is 9.97. The van der Waals surface area contributed by atoms with Crippen molar-refractivity contribution in [3.8, 4) is 0 Å². The molecule has 0 unspecified atom stereocenters. The largest absolute Gasteiger partial charge is 0.501 e. The summed E-state index contributed by atoms with van der Waals surface area (Å²) in [6, 6.07) is 0. The molecule has 0 saturated carbocycles. The van der Waals surface area contributed by atoms with Crippen molar-refractivity contribution in [3.05, 3.63) is 11.3 Å². The van der Waals surface area contributed by atoms with E-state index >= 15 is 0 Å². The van der Waals surface area contributed by atoms with Gasteiger partial charge in [0.1, 0.15) is 5.76 Å². The zero-order chi connectivity index (χ0) is 7.56. The van der Waals surface area contributed by atoms with E-state index in [0.717, 1.165) is 36.3 Å². The first-order valence-corrected chi connectivity index (χ1v) is 3.57. The number of allylic oxidation sites excluding steroid dienone is 2. The number of hydrogen-bond donors (Lipinski definition) is 1. The summed E-state index contributed by atoms with van der Waals surface area (Å²) in [4.78, 5) is 0. The van der Waals surface area contributed by atoms with E-state index in [1.165, 1.54) is 0 Å². The Morgan fingerprint density at radius 2 is 2.10 bits per heavy atom. The van der Waals surface area contributed by atoms with Gasteiger partial charge >= 0.3 is 0 Å². The minimum Gasteiger partial charge on any atom is -0.501 e. The molecule has 1 aliphatic rings. The minimum absolute atomic E-state index is 0.739. The van der Waals surface area contributed by atoms with Crippen molar-refractivity contribution in [1.82, 2.24) is 0 Å². The Kier molecular flexibility index (Phi) is 2.10. The summed E-state index contributed by atoms with van der Waals surface area (Å²) >= 11 is 0. The number of methoxy groups -OCH3 is 1. The summed E-state index contributed by atoms with van der Waals surface area (Å²) in [6.07, 6.45) is 2.99. The van der Waals surface area contributed by atoms with E-state index in [4.69, 9.17) is 10.1 Å². The Morgan fingerprint density at radius 1 is 1.40 bits per heavy atom. The van der Waals surface area contributed by atoms with Crippen molar-refractivity contribution in [3.63, 3.8) is 0 Å². The van der Waals surface area contributed by atoms with E-state index < -0.39 is 0 Å². The highest BCUT2D eigenvalue weighted by Crippen LogP contribution is 2.21. The van der Waals surface area contributed by atoms with Crippen LogP contribution in [0, 0.1) is 5.41 Å². The molecule has 56 valence electrons. The third-order valence-corrected chi connectivity index (χ3v) is 1.95. The van der Waals surface area contributed by atoms with E-state index in [1.54, 1.807) is 7.11 Å². The molecule has 0 atom stereocenters. The zero-order valence-corrected chi connectivity index (χ0v) is 6.53. The maximum atomic E-state index is 7.49. The van der Waals surface area contributed by atoms with Crippen LogP contribution in [0.3, 0.4) is 0 Å². The van der Waals surface area contributed by atoms with Gasteiger partial charge in [0.05, 0.1) is 7.11 Å². The van der Waals surface area contributed by atoms with Crippen LogP contribution in [0.5, 0.6) is 0 Å². The maximum Gasteiger partial charge on any atom is 0.100 e. The second-order valence-electron chi connectivity index (χ2n) is 2.58. The van der Waals surface area contributed by atoms with Crippen LogP contribution in [0.25, 0.3) is 0 Å². The standard InChI is InChI=1S/C8H13NO/c1-6-7(9)4-3-5-8(6)10-2/h9H,3-5H2,1-2H3. The topological polar surface area (TPSA) is 33.1 Å². The first kappa shape index (κ1) is 7.32. The second-order valence-corrected chi connectivity index (χ2v) is 2.58. The second kappa shape index (κ2) is 2.86. The highest BCUT2D eigenvalue weighted by atomic mass is 16.5. The van der Waals surface area contributed by atoms with Crippen molar-refractivity contribution < 1.29 is 4.74 Å². The van der Waals surface area contributed by atoms with Crippen molar-refractivity contribution in [2.24, 2.45) is 0 Å². The van der Waals surface area contributed by atoms with Gasteiger partial charge in [-0.2, -0.15) is 0 Å². The molecule has 1 rings (SSSR count). The van der Waals surface area contributed by atoms with Crippen molar-refractivity contribution in [1.29, 1.82) is 5.41 Å². The molecule has 0 amide bonds. The van der Waals surface area contributed by atoms with Crippen molar-refractivity contribution >= 4 is 5.71 Å². The average molecular weight is 139 g/mol. The monoisotopic (exact) mass is 139 g/mol. The fourth-order valence-corrected chi connectivity index (χ4v) is 1.22. The van der Waals surface area contributed by atoms with Gasteiger partial charge in [0.25, 0.3) is 0 Å². The molecule has 2 nitrogen and oxygen atoms in total. The minimum atomic E-state index is 0.739. The molecule has 0 aromatic heterocycles. The van der Waals surface area contributed by atoms with E-state index in [1.807, 2.05) is 6.92 Å². The first-order valence-electron chi connectivity index (χ1n) is 3.57. The SMILES string of the molecule is COC1=C(C)C(=N)CCC1. The Hall–Kier alpha value is -0.790. The van der Waals surface area contributed by atoms with E-state index in [2.05, 4.69) is 0 Å². The molecule has 0 aliphatic heterocycles. The highest BCUT2D eigenvalue weighted by Gasteiger charge is 2.13. The van der Waals surface area contributed by atoms with Crippen LogP contribution in [-0.4, -0.2) is 12.8 Å². The molecule has 0 radical (unpaired) electrons. The summed E-state index contributed by atoms with van der Waals surface area (Å²) in [7, 11) is 1.68. The van der Waals surface area contributed by atoms with E-state index in [9.17, 15) is 0 Å². The Morgan fingerprint density at radius 3 is 2.60 bits per heavy atom. The van der Waals surface area contributed by atoms with Gasteiger partial charge in [0, 0.05) is 17.7 Å². The quantitative estimate of drug-likeness (QED) is 0.593. The Balaban J connectivity index is 2.82. The lowest BCUT2D eigenvalue weighted by Gasteiger charge is -2.16. The normalized spacial score (nSPS) is 19.6. The molecule has 1 aliphatic carbocycles. The first-order chi connectivity index (χ1) is 4.75. The Labute approximate surface area is 61.4 Å². The lowest BCUT2D eigenvalue weighted by Crippen LogP contribution is -2.09. The maximum absolute atomic E-state index is 7.49. The van der Waals surface area contributed by atoms with Gasteiger partial charge in [0.2, 0.25) is 0 Å². The predicted octanol–water partition coefficient (Wildman–Crippen LogP) is 2.11. The highest BCUT2D eigenvalue weighted by molar-refractivity contribution is 5.98. The molecule has 0 aromatic carbocycles. The van der Waals surface area contributed by atoms with E-state index in [0.29, 0.717) is 0 Å². The smallest absolute Gasteiger partial charge is 0.100 e.